The monoisotopic (exact) mass is 478 g/mol. The molecule has 0 spiro atoms. The zero-order valence-corrected chi connectivity index (χ0v) is 20.3. The Morgan fingerprint density at radius 2 is 1.65 bits per heavy atom. The number of carboxylic acids is 1. The number of carboxylic acid groups (broad SMARTS) is 1. The Morgan fingerprint density at radius 3 is 2.29 bits per heavy atom. The molecule has 0 bridgehead atoms. The van der Waals surface area contributed by atoms with Gasteiger partial charge in [0.15, 0.2) is 9.84 Å². The maximum atomic E-state index is 13.5. The van der Waals surface area contributed by atoms with E-state index in [0.29, 0.717) is 36.6 Å². The van der Waals surface area contributed by atoms with Crippen molar-refractivity contribution in [3.63, 3.8) is 0 Å². The van der Waals surface area contributed by atoms with Gasteiger partial charge in [-0.3, -0.25) is 9.69 Å². The van der Waals surface area contributed by atoms with Crippen molar-refractivity contribution in [3.05, 3.63) is 89.0 Å². The van der Waals surface area contributed by atoms with Gasteiger partial charge in [-0.25, -0.2) is 8.42 Å². The number of benzene rings is 3. The number of aryl methyl sites for hydroxylation is 2. The largest absolute Gasteiger partial charge is 0.481 e. The van der Waals surface area contributed by atoms with E-state index in [0.717, 1.165) is 27.8 Å². The molecule has 2 N–H and O–H groups in total. The molecule has 1 aliphatic rings. The van der Waals surface area contributed by atoms with Gasteiger partial charge in [-0.15, -0.1) is 0 Å². The van der Waals surface area contributed by atoms with Crippen LogP contribution in [0.2, 0.25) is 0 Å². The molecule has 1 atom stereocenters. The number of aliphatic carboxylic acids is 1. The van der Waals surface area contributed by atoms with Crippen molar-refractivity contribution in [2.75, 3.05) is 19.6 Å². The maximum Gasteiger partial charge on any atom is 0.307 e. The van der Waals surface area contributed by atoms with Crippen molar-refractivity contribution < 1.29 is 18.3 Å². The fraction of sp³-hybridized carbons (Fsp3) is 0.296. The second-order valence-corrected chi connectivity index (χ2v) is 11.0. The van der Waals surface area contributed by atoms with Crippen LogP contribution >= 0.6 is 0 Å². The first-order valence-electron chi connectivity index (χ1n) is 11.4. The molecule has 0 aliphatic carbocycles. The topological polar surface area (TPSA) is 86.7 Å². The van der Waals surface area contributed by atoms with Crippen molar-refractivity contribution in [2.45, 2.75) is 37.1 Å². The highest BCUT2D eigenvalue weighted by Gasteiger charge is 2.35. The third kappa shape index (κ3) is 5.38. The van der Waals surface area contributed by atoms with Gasteiger partial charge in [-0.05, 0) is 48.2 Å². The molecule has 1 heterocycles. The summed E-state index contributed by atoms with van der Waals surface area (Å²) in [7, 11) is -3.59. The first-order chi connectivity index (χ1) is 16.2. The van der Waals surface area contributed by atoms with E-state index in [4.69, 9.17) is 0 Å². The molecule has 0 amide bonds. The van der Waals surface area contributed by atoms with Crippen molar-refractivity contribution in [1.82, 2.24) is 10.2 Å². The van der Waals surface area contributed by atoms with Crippen LogP contribution in [0.4, 0.5) is 0 Å². The molecule has 7 heteroatoms. The minimum Gasteiger partial charge on any atom is -0.481 e. The van der Waals surface area contributed by atoms with Crippen LogP contribution in [0.25, 0.3) is 11.1 Å². The summed E-state index contributed by atoms with van der Waals surface area (Å²) in [5.41, 5.74) is 5.80. The molecule has 178 valence electrons. The smallest absolute Gasteiger partial charge is 0.307 e. The predicted octanol–water partition coefficient (Wildman–Crippen LogP) is 3.80. The SMILES string of the molecule is Cc1ccc(-c2ccc(CC(=O)O)cc2CN2CCNCC2S(=O)(=O)c2ccc(C)cc2)cc1. The second kappa shape index (κ2) is 10.1. The zero-order chi connectivity index (χ0) is 24.3. The van der Waals surface area contributed by atoms with Crippen LogP contribution in [0.5, 0.6) is 0 Å². The summed E-state index contributed by atoms with van der Waals surface area (Å²) in [4.78, 5) is 13.6. The Bertz CT molecular complexity index is 1270. The Balaban J connectivity index is 1.71. The third-order valence-corrected chi connectivity index (χ3v) is 8.38. The molecule has 0 aromatic heterocycles. The molecule has 6 nitrogen and oxygen atoms in total. The van der Waals surface area contributed by atoms with Crippen molar-refractivity contribution in [1.29, 1.82) is 0 Å². The molecular weight excluding hydrogens is 448 g/mol. The lowest BCUT2D eigenvalue weighted by atomic mass is 9.95. The average Bonchev–Trinajstić information content (AvgIpc) is 2.80. The highest BCUT2D eigenvalue weighted by Crippen LogP contribution is 2.29. The van der Waals surface area contributed by atoms with Gasteiger partial charge in [-0.1, -0.05) is 65.7 Å². The second-order valence-electron chi connectivity index (χ2n) is 8.92. The number of sulfone groups is 1. The fourth-order valence-corrected chi connectivity index (χ4v) is 6.13. The van der Waals surface area contributed by atoms with E-state index in [9.17, 15) is 18.3 Å². The summed E-state index contributed by atoms with van der Waals surface area (Å²) in [6, 6.07) is 20.8. The van der Waals surface area contributed by atoms with Gasteiger partial charge in [0.2, 0.25) is 0 Å². The standard InChI is InChI=1S/C27H30N2O4S/c1-19-3-8-22(9-4-19)25-12-7-21(16-27(30)31)15-23(25)18-29-14-13-28-17-26(29)34(32,33)24-10-5-20(2)6-11-24/h3-12,15,26,28H,13-14,16-18H2,1-2H3,(H,30,31). The van der Waals surface area contributed by atoms with Gasteiger partial charge in [0.1, 0.15) is 5.37 Å². The lowest BCUT2D eigenvalue weighted by molar-refractivity contribution is -0.136. The van der Waals surface area contributed by atoms with Crippen LogP contribution in [0.3, 0.4) is 0 Å². The van der Waals surface area contributed by atoms with Crippen LogP contribution in [0, 0.1) is 13.8 Å². The first-order valence-corrected chi connectivity index (χ1v) is 12.9. The fourth-order valence-electron chi connectivity index (χ4n) is 4.39. The third-order valence-electron chi connectivity index (χ3n) is 6.27. The van der Waals surface area contributed by atoms with Crippen LogP contribution < -0.4 is 5.32 Å². The van der Waals surface area contributed by atoms with Gasteiger partial charge in [0.25, 0.3) is 0 Å². The number of carbonyl (C=O) groups is 1. The van der Waals surface area contributed by atoms with E-state index >= 15 is 0 Å². The van der Waals surface area contributed by atoms with Crippen LogP contribution in [-0.4, -0.2) is 49.4 Å². The van der Waals surface area contributed by atoms with Crippen molar-refractivity contribution >= 4 is 15.8 Å². The average molecular weight is 479 g/mol. The number of rotatable bonds is 7. The Labute approximate surface area is 201 Å². The summed E-state index contributed by atoms with van der Waals surface area (Å²) in [5.74, 6) is -0.893. The van der Waals surface area contributed by atoms with Crippen molar-refractivity contribution in [3.8, 4) is 11.1 Å². The number of nitrogens with one attached hydrogen (secondary N) is 1. The van der Waals surface area contributed by atoms with E-state index < -0.39 is 21.2 Å². The van der Waals surface area contributed by atoms with Gasteiger partial charge >= 0.3 is 5.97 Å². The van der Waals surface area contributed by atoms with E-state index in [1.807, 2.05) is 73.3 Å². The predicted molar refractivity (Wildman–Crippen MR) is 133 cm³/mol. The van der Waals surface area contributed by atoms with Crippen LogP contribution in [-0.2, 0) is 27.6 Å². The first kappa shape index (κ1) is 24.1. The Hall–Kier alpha value is -3.00. The van der Waals surface area contributed by atoms with E-state index in [1.165, 1.54) is 0 Å². The van der Waals surface area contributed by atoms with Crippen LogP contribution in [0.15, 0.2) is 71.6 Å². The van der Waals surface area contributed by atoms with Crippen LogP contribution in [0.1, 0.15) is 22.3 Å². The van der Waals surface area contributed by atoms with Gasteiger partial charge in [0.05, 0.1) is 11.3 Å². The maximum absolute atomic E-state index is 13.5. The minimum atomic E-state index is -3.59. The quantitative estimate of drug-likeness (QED) is 0.537. The number of nitrogens with zero attached hydrogens (tertiary/aromatic N) is 1. The molecule has 4 rings (SSSR count). The summed E-state index contributed by atoms with van der Waals surface area (Å²) < 4.78 is 27.1. The molecule has 1 unspecified atom stereocenters. The summed E-state index contributed by atoms with van der Waals surface area (Å²) >= 11 is 0. The highest BCUT2D eigenvalue weighted by molar-refractivity contribution is 7.92. The molecule has 1 aliphatic heterocycles. The molecule has 0 radical (unpaired) electrons. The minimum absolute atomic E-state index is 0.0756. The Morgan fingerprint density at radius 1 is 1.00 bits per heavy atom. The molecule has 34 heavy (non-hydrogen) atoms. The number of hydrogen-bond acceptors (Lipinski definition) is 5. The van der Waals surface area contributed by atoms with E-state index in [-0.39, 0.29) is 6.42 Å². The molecule has 0 saturated carbocycles. The zero-order valence-electron chi connectivity index (χ0n) is 19.5. The van der Waals surface area contributed by atoms with Gasteiger partial charge in [0, 0.05) is 26.2 Å². The summed E-state index contributed by atoms with van der Waals surface area (Å²) in [5, 5.41) is 11.8. The number of piperazine rings is 1. The van der Waals surface area contributed by atoms with Gasteiger partial charge in [-0.2, -0.15) is 0 Å². The molecule has 1 saturated heterocycles. The molecular formula is C27H30N2O4S. The molecule has 3 aromatic carbocycles. The van der Waals surface area contributed by atoms with E-state index in [1.54, 1.807) is 12.1 Å². The van der Waals surface area contributed by atoms with Gasteiger partial charge < -0.3 is 10.4 Å². The van der Waals surface area contributed by atoms with E-state index in [2.05, 4.69) is 5.32 Å². The van der Waals surface area contributed by atoms with Crippen molar-refractivity contribution in [2.24, 2.45) is 0 Å². The lowest BCUT2D eigenvalue weighted by Gasteiger charge is -2.36. The summed E-state index contributed by atoms with van der Waals surface area (Å²) in [6.45, 7) is 5.98. The lowest BCUT2D eigenvalue weighted by Crippen LogP contribution is -2.54. The summed E-state index contributed by atoms with van der Waals surface area (Å²) in [6.07, 6.45) is -0.0756. The number of hydrogen-bond donors (Lipinski definition) is 2. The Kier molecular flexibility index (Phi) is 7.16. The highest BCUT2D eigenvalue weighted by atomic mass is 32.2. The normalized spacial score (nSPS) is 16.9. The molecule has 3 aromatic rings. The molecule has 1 fully saturated rings.